The molecule has 0 saturated carbocycles. The molecular formula is C26H23ClN6O3S. The summed E-state index contributed by atoms with van der Waals surface area (Å²) in [6.45, 7) is 4.30. The number of aryl methyl sites for hydroxylation is 1. The van der Waals surface area contributed by atoms with Gasteiger partial charge in [0.1, 0.15) is 0 Å². The van der Waals surface area contributed by atoms with Crippen LogP contribution in [-0.2, 0) is 14.8 Å². The van der Waals surface area contributed by atoms with Crippen molar-refractivity contribution >= 4 is 49.4 Å². The Labute approximate surface area is 218 Å². The van der Waals surface area contributed by atoms with Crippen LogP contribution in [0.15, 0.2) is 71.6 Å². The Balaban J connectivity index is 1.52. The van der Waals surface area contributed by atoms with Gasteiger partial charge in [0.2, 0.25) is 0 Å². The van der Waals surface area contributed by atoms with Gasteiger partial charge in [-0.1, -0.05) is 41.9 Å². The lowest BCUT2D eigenvalue weighted by Gasteiger charge is -2.31. The molecule has 1 saturated heterocycles. The number of morpholine rings is 1. The van der Waals surface area contributed by atoms with E-state index in [1.807, 2.05) is 49.4 Å². The molecule has 0 radical (unpaired) electrons. The number of nitrogens with one attached hydrogen (secondary N) is 1. The van der Waals surface area contributed by atoms with Crippen molar-refractivity contribution in [1.29, 1.82) is 0 Å². The number of ether oxygens (including phenoxy) is 1. The Morgan fingerprint density at radius 1 is 0.946 bits per heavy atom. The normalized spacial score (nSPS) is 14.4. The van der Waals surface area contributed by atoms with Crippen LogP contribution in [-0.4, -0.2) is 54.5 Å². The third-order valence-electron chi connectivity index (χ3n) is 6.41. The van der Waals surface area contributed by atoms with E-state index < -0.39 is 10.0 Å². The first kappa shape index (κ1) is 23.7. The van der Waals surface area contributed by atoms with E-state index in [0.717, 1.165) is 22.0 Å². The molecule has 1 aliphatic heterocycles. The molecule has 37 heavy (non-hydrogen) atoms. The summed E-state index contributed by atoms with van der Waals surface area (Å²) in [5, 5.41) is 15.6. The lowest BCUT2D eigenvalue weighted by atomic mass is 10.0. The van der Waals surface area contributed by atoms with Crippen molar-refractivity contribution < 1.29 is 13.2 Å². The van der Waals surface area contributed by atoms with Gasteiger partial charge in [-0.3, -0.25) is 4.72 Å². The second-order valence-electron chi connectivity index (χ2n) is 8.77. The number of nitrogens with zero attached hydrogens (tertiary/aromatic N) is 5. The average molecular weight is 535 g/mol. The topological polar surface area (TPSA) is 102 Å². The summed E-state index contributed by atoms with van der Waals surface area (Å²) >= 11 is 5.98. The molecule has 1 fully saturated rings. The minimum absolute atomic E-state index is 0.125. The molecule has 0 bridgehead atoms. The highest BCUT2D eigenvalue weighted by molar-refractivity contribution is 7.92. The van der Waals surface area contributed by atoms with Crippen molar-refractivity contribution in [2.75, 3.05) is 35.9 Å². The number of benzene rings is 3. The van der Waals surface area contributed by atoms with Gasteiger partial charge in [0.15, 0.2) is 11.5 Å². The maximum absolute atomic E-state index is 13.4. The highest BCUT2D eigenvalue weighted by Gasteiger charge is 2.22. The summed E-state index contributed by atoms with van der Waals surface area (Å²) in [5.74, 6) is 0.663. The molecule has 0 spiro atoms. The van der Waals surface area contributed by atoms with Crippen LogP contribution >= 0.6 is 11.6 Å². The maximum atomic E-state index is 13.4. The monoisotopic (exact) mass is 534 g/mol. The quantitative estimate of drug-likeness (QED) is 0.353. The zero-order chi connectivity index (χ0) is 25.6. The van der Waals surface area contributed by atoms with E-state index in [9.17, 15) is 8.42 Å². The van der Waals surface area contributed by atoms with Gasteiger partial charge in [-0.25, -0.2) is 8.42 Å². The Morgan fingerprint density at radius 3 is 2.43 bits per heavy atom. The van der Waals surface area contributed by atoms with Crippen molar-refractivity contribution in [2.45, 2.75) is 11.8 Å². The number of rotatable bonds is 5. The molecule has 11 heteroatoms. The van der Waals surface area contributed by atoms with Crippen LogP contribution in [0.3, 0.4) is 0 Å². The van der Waals surface area contributed by atoms with E-state index in [1.54, 1.807) is 16.6 Å². The zero-order valence-corrected chi connectivity index (χ0v) is 21.5. The van der Waals surface area contributed by atoms with Gasteiger partial charge in [0.25, 0.3) is 10.0 Å². The second-order valence-corrected chi connectivity index (χ2v) is 10.9. The Bertz CT molecular complexity index is 1730. The standard InChI is InChI=1S/C26H23ClN6O3S/c1-17-28-29-26-22-5-3-2-4-21(22)25(30-33(17)26)18-6-11-24(32-12-14-36-15-13-32)23(16-18)31-37(34,35)20-9-7-19(27)8-10-20/h2-11,16,31H,12-15H2,1H3. The molecule has 0 aliphatic carbocycles. The maximum Gasteiger partial charge on any atom is 0.261 e. The molecular weight excluding hydrogens is 512 g/mol. The summed E-state index contributed by atoms with van der Waals surface area (Å²) in [6.07, 6.45) is 0. The number of sulfonamides is 1. The average Bonchev–Trinajstić information content (AvgIpc) is 3.29. The summed E-state index contributed by atoms with van der Waals surface area (Å²) in [4.78, 5) is 2.24. The fourth-order valence-electron chi connectivity index (χ4n) is 4.56. The molecule has 3 heterocycles. The van der Waals surface area contributed by atoms with Crippen molar-refractivity contribution in [3.63, 3.8) is 0 Å². The number of fused-ring (bicyclic) bond motifs is 3. The van der Waals surface area contributed by atoms with E-state index in [-0.39, 0.29) is 4.90 Å². The van der Waals surface area contributed by atoms with Crippen LogP contribution in [0.4, 0.5) is 11.4 Å². The molecule has 5 aromatic rings. The van der Waals surface area contributed by atoms with Gasteiger partial charge in [0.05, 0.1) is 35.2 Å². The lowest BCUT2D eigenvalue weighted by molar-refractivity contribution is 0.123. The van der Waals surface area contributed by atoms with Crippen molar-refractivity contribution in [2.24, 2.45) is 0 Å². The van der Waals surface area contributed by atoms with Crippen LogP contribution in [0, 0.1) is 6.92 Å². The molecule has 6 rings (SSSR count). The summed E-state index contributed by atoms with van der Waals surface area (Å²) in [5.41, 5.74) is 3.37. The van der Waals surface area contributed by atoms with Crippen molar-refractivity contribution in [3.8, 4) is 11.3 Å². The predicted octanol–water partition coefficient (Wildman–Crippen LogP) is 4.54. The Kier molecular flexibility index (Phi) is 5.94. The van der Waals surface area contributed by atoms with Gasteiger partial charge in [-0.05, 0) is 43.3 Å². The van der Waals surface area contributed by atoms with E-state index in [4.69, 9.17) is 21.4 Å². The first-order valence-electron chi connectivity index (χ1n) is 11.8. The van der Waals surface area contributed by atoms with Crippen molar-refractivity contribution in [1.82, 2.24) is 19.8 Å². The fourth-order valence-corrected chi connectivity index (χ4v) is 5.75. The van der Waals surface area contributed by atoms with Gasteiger partial charge < -0.3 is 9.64 Å². The molecule has 9 nitrogen and oxygen atoms in total. The number of halogens is 1. The SMILES string of the molecule is Cc1nnc2c3ccccc3c(-c3ccc(N4CCOCC4)c(NS(=O)(=O)c4ccc(Cl)cc4)c3)nn12. The highest BCUT2D eigenvalue weighted by Crippen LogP contribution is 2.36. The number of anilines is 2. The fraction of sp³-hybridized carbons (Fsp3) is 0.192. The smallest absolute Gasteiger partial charge is 0.261 e. The second kappa shape index (κ2) is 9.29. The summed E-state index contributed by atoms with van der Waals surface area (Å²) < 4.78 is 36.8. The predicted molar refractivity (Wildman–Crippen MR) is 144 cm³/mol. The van der Waals surface area contributed by atoms with Gasteiger partial charge in [-0.15, -0.1) is 10.2 Å². The largest absolute Gasteiger partial charge is 0.378 e. The molecule has 1 N–H and O–H groups in total. The molecule has 2 aromatic heterocycles. The molecule has 0 atom stereocenters. The van der Waals surface area contributed by atoms with Crippen LogP contribution in [0.2, 0.25) is 5.02 Å². The zero-order valence-electron chi connectivity index (χ0n) is 19.9. The minimum Gasteiger partial charge on any atom is -0.378 e. The minimum atomic E-state index is -3.88. The first-order chi connectivity index (χ1) is 17.9. The third-order valence-corrected chi connectivity index (χ3v) is 8.04. The molecule has 0 amide bonds. The van der Waals surface area contributed by atoms with Gasteiger partial charge >= 0.3 is 0 Å². The first-order valence-corrected chi connectivity index (χ1v) is 13.6. The molecule has 188 valence electrons. The Morgan fingerprint density at radius 2 is 1.68 bits per heavy atom. The van der Waals surface area contributed by atoms with Crippen LogP contribution in [0.5, 0.6) is 0 Å². The van der Waals surface area contributed by atoms with Gasteiger partial charge in [0, 0.05) is 34.4 Å². The summed E-state index contributed by atoms with van der Waals surface area (Å²) in [6, 6.07) is 19.7. The number of hydrogen-bond donors (Lipinski definition) is 1. The molecule has 1 aliphatic rings. The highest BCUT2D eigenvalue weighted by atomic mass is 35.5. The van der Waals surface area contributed by atoms with E-state index >= 15 is 0 Å². The van der Waals surface area contributed by atoms with Gasteiger partial charge in [-0.2, -0.15) is 9.61 Å². The third kappa shape index (κ3) is 4.37. The summed E-state index contributed by atoms with van der Waals surface area (Å²) in [7, 11) is -3.88. The molecule has 0 unspecified atom stereocenters. The van der Waals surface area contributed by atoms with Crippen LogP contribution < -0.4 is 9.62 Å². The van der Waals surface area contributed by atoms with Crippen molar-refractivity contribution in [3.05, 3.63) is 77.6 Å². The van der Waals surface area contributed by atoms with E-state index in [1.165, 1.54) is 12.1 Å². The number of hydrogen-bond acceptors (Lipinski definition) is 7. The van der Waals surface area contributed by atoms with Crippen LogP contribution in [0.1, 0.15) is 5.82 Å². The Hall–Kier alpha value is -3.73. The lowest BCUT2D eigenvalue weighted by Crippen LogP contribution is -2.36. The van der Waals surface area contributed by atoms with E-state index in [2.05, 4.69) is 19.8 Å². The van der Waals surface area contributed by atoms with E-state index in [0.29, 0.717) is 54.2 Å². The number of aromatic nitrogens is 4. The van der Waals surface area contributed by atoms with Crippen LogP contribution in [0.25, 0.3) is 27.7 Å². The molecule has 3 aromatic carbocycles.